The van der Waals surface area contributed by atoms with E-state index in [4.69, 9.17) is 9.47 Å². The first-order valence-electron chi connectivity index (χ1n) is 5.99. The molecule has 0 atom stereocenters. The molecule has 0 aliphatic rings. The van der Waals surface area contributed by atoms with Crippen molar-refractivity contribution in [3.05, 3.63) is 11.9 Å². The lowest BCUT2D eigenvalue weighted by molar-refractivity contribution is -0.142. The molecule has 1 amide bonds. The number of rotatable bonds is 4. The van der Waals surface area contributed by atoms with Crippen molar-refractivity contribution < 1.29 is 19.1 Å². The molecule has 0 spiro atoms. The van der Waals surface area contributed by atoms with E-state index in [9.17, 15) is 9.59 Å². The first-order chi connectivity index (χ1) is 8.80. The zero-order valence-corrected chi connectivity index (χ0v) is 11.6. The van der Waals surface area contributed by atoms with Crippen LogP contribution in [-0.4, -0.2) is 34.2 Å². The van der Waals surface area contributed by atoms with Gasteiger partial charge in [-0.1, -0.05) is 0 Å². The average Bonchev–Trinajstić information content (AvgIpc) is 2.62. The summed E-state index contributed by atoms with van der Waals surface area (Å²) in [5.74, 6) is -0.122. The summed E-state index contributed by atoms with van der Waals surface area (Å²) < 4.78 is 9.87. The smallest absolute Gasteiger partial charge is 0.414 e. The van der Waals surface area contributed by atoms with Crippen LogP contribution in [0.25, 0.3) is 0 Å². The van der Waals surface area contributed by atoms with E-state index in [-0.39, 0.29) is 18.3 Å². The normalized spacial score (nSPS) is 10.9. The van der Waals surface area contributed by atoms with E-state index in [0.717, 1.165) is 0 Å². The summed E-state index contributed by atoms with van der Waals surface area (Å²) in [5, 5.41) is 2.44. The topological polar surface area (TPSA) is 93.3 Å². The molecule has 1 aromatic heterocycles. The number of H-pyrrole nitrogens is 1. The van der Waals surface area contributed by atoms with Crippen molar-refractivity contribution in [2.45, 2.75) is 39.7 Å². The molecule has 0 unspecified atom stereocenters. The average molecular weight is 269 g/mol. The number of carbonyl (C=O) groups is 2. The van der Waals surface area contributed by atoms with E-state index >= 15 is 0 Å². The molecular formula is C12H19N3O4. The number of hydrogen-bond donors (Lipinski definition) is 2. The molecular weight excluding hydrogens is 250 g/mol. The molecule has 0 radical (unpaired) electrons. The molecule has 0 saturated heterocycles. The summed E-state index contributed by atoms with van der Waals surface area (Å²) >= 11 is 0. The lowest BCUT2D eigenvalue weighted by Gasteiger charge is -2.18. The SMILES string of the molecule is CCOC(=O)Cc1cnc(NC(=O)OC(C)(C)C)[nH]1. The van der Waals surface area contributed by atoms with Gasteiger partial charge >= 0.3 is 12.1 Å². The molecule has 2 N–H and O–H groups in total. The third kappa shape index (κ3) is 5.89. The van der Waals surface area contributed by atoms with Crippen LogP contribution in [0.15, 0.2) is 6.20 Å². The van der Waals surface area contributed by atoms with Crippen LogP contribution in [0.5, 0.6) is 0 Å². The Hall–Kier alpha value is -2.05. The van der Waals surface area contributed by atoms with Crippen LogP contribution in [0.1, 0.15) is 33.4 Å². The van der Waals surface area contributed by atoms with Crippen LogP contribution in [0.3, 0.4) is 0 Å². The summed E-state index contributed by atoms with van der Waals surface area (Å²) in [6.07, 6.45) is 0.935. The Balaban J connectivity index is 2.51. The fourth-order valence-electron chi connectivity index (χ4n) is 1.28. The molecule has 0 aliphatic heterocycles. The van der Waals surface area contributed by atoms with Gasteiger partial charge in [-0.25, -0.2) is 9.78 Å². The second-order valence-electron chi connectivity index (χ2n) is 4.87. The largest absolute Gasteiger partial charge is 0.466 e. The molecule has 1 rings (SSSR count). The van der Waals surface area contributed by atoms with Gasteiger partial charge in [-0.3, -0.25) is 10.1 Å². The van der Waals surface area contributed by atoms with E-state index in [2.05, 4.69) is 15.3 Å². The summed E-state index contributed by atoms with van der Waals surface area (Å²) in [7, 11) is 0. The minimum absolute atomic E-state index is 0.0802. The number of amides is 1. The number of nitrogens with zero attached hydrogens (tertiary/aromatic N) is 1. The highest BCUT2D eigenvalue weighted by Crippen LogP contribution is 2.10. The zero-order valence-electron chi connectivity index (χ0n) is 11.6. The Morgan fingerprint density at radius 2 is 2.11 bits per heavy atom. The van der Waals surface area contributed by atoms with Gasteiger partial charge in [0.25, 0.3) is 0 Å². The van der Waals surface area contributed by atoms with E-state index in [1.165, 1.54) is 6.20 Å². The fourth-order valence-corrected chi connectivity index (χ4v) is 1.28. The van der Waals surface area contributed by atoms with Crippen molar-refractivity contribution >= 4 is 18.0 Å². The van der Waals surface area contributed by atoms with Gasteiger partial charge in [0.15, 0.2) is 0 Å². The second-order valence-corrected chi connectivity index (χ2v) is 4.87. The number of nitrogens with one attached hydrogen (secondary N) is 2. The molecule has 0 aliphatic carbocycles. The summed E-state index contributed by atoms with van der Waals surface area (Å²) in [4.78, 5) is 29.4. The van der Waals surface area contributed by atoms with Crippen LogP contribution in [0, 0.1) is 0 Å². The van der Waals surface area contributed by atoms with E-state index in [0.29, 0.717) is 12.3 Å². The maximum Gasteiger partial charge on any atom is 0.414 e. The van der Waals surface area contributed by atoms with Gasteiger partial charge in [-0.05, 0) is 27.7 Å². The Labute approximate surface area is 111 Å². The number of aromatic amines is 1. The maximum atomic E-state index is 11.5. The first kappa shape index (κ1) is 15.0. The number of aromatic nitrogens is 2. The molecule has 0 aromatic carbocycles. The van der Waals surface area contributed by atoms with Gasteiger partial charge in [0.05, 0.1) is 19.2 Å². The molecule has 0 saturated carbocycles. The van der Waals surface area contributed by atoms with Crippen LogP contribution < -0.4 is 5.32 Å². The van der Waals surface area contributed by atoms with Crippen molar-refractivity contribution in [3.8, 4) is 0 Å². The summed E-state index contributed by atoms with van der Waals surface area (Å²) in [6.45, 7) is 7.36. The molecule has 106 valence electrons. The molecule has 0 bridgehead atoms. The van der Waals surface area contributed by atoms with Gasteiger partial charge < -0.3 is 14.5 Å². The third-order valence-electron chi connectivity index (χ3n) is 1.89. The quantitative estimate of drug-likeness (QED) is 0.814. The molecule has 0 fully saturated rings. The van der Waals surface area contributed by atoms with Gasteiger partial charge in [0, 0.05) is 5.69 Å². The predicted molar refractivity (Wildman–Crippen MR) is 68.8 cm³/mol. The molecule has 7 heteroatoms. The monoisotopic (exact) mass is 269 g/mol. The van der Waals surface area contributed by atoms with Crippen LogP contribution in [0.4, 0.5) is 10.7 Å². The molecule has 1 heterocycles. The van der Waals surface area contributed by atoms with E-state index in [1.54, 1.807) is 27.7 Å². The van der Waals surface area contributed by atoms with Crippen LogP contribution in [-0.2, 0) is 20.7 Å². The Bertz CT molecular complexity index is 448. The number of anilines is 1. The fraction of sp³-hybridized carbons (Fsp3) is 0.583. The lowest BCUT2D eigenvalue weighted by Crippen LogP contribution is -2.27. The Morgan fingerprint density at radius 3 is 2.68 bits per heavy atom. The van der Waals surface area contributed by atoms with Crippen molar-refractivity contribution in [1.29, 1.82) is 0 Å². The highest BCUT2D eigenvalue weighted by molar-refractivity contribution is 5.82. The maximum absolute atomic E-state index is 11.5. The number of carbonyl (C=O) groups excluding carboxylic acids is 2. The van der Waals surface area contributed by atoms with E-state index < -0.39 is 11.7 Å². The van der Waals surface area contributed by atoms with Crippen LogP contribution in [0.2, 0.25) is 0 Å². The predicted octanol–water partition coefficient (Wildman–Crippen LogP) is 1.86. The number of ether oxygens (including phenoxy) is 2. The lowest BCUT2D eigenvalue weighted by atomic mass is 10.2. The van der Waals surface area contributed by atoms with Gasteiger partial charge in [-0.2, -0.15) is 0 Å². The van der Waals surface area contributed by atoms with Crippen molar-refractivity contribution in [2.75, 3.05) is 11.9 Å². The first-order valence-corrected chi connectivity index (χ1v) is 5.99. The highest BCUT2D eigenvalue weighted by atomic mass is 16.6. The minimum atomic E-state index is -0.607. The second kappa shape index (κ2) is 6.21. The summed E-state index contributed by atoms with van der Waals surface area (Å²) in [5.41, 5.74) is -0.0192. The van der Waals surface area contributed by atoms with Gasteiger partial charge in [0.1, 0.15) is 5.60 Å². The molecule has 7 nitrogen and oxygen atoms in total. The van der Waals surface area contributed by atoms with Crippen molar-refractivity contribution in [1.82, 2.24) is 9.97 Å². The minimum Gasteiger partial charge on any atom is -0.466 e. The standard InChI is InChI=1S/C12H19N3O4/c1-5-18-9(16)6-8-7-13-10(14-8)15-11(17)19-12(2,3)4/h7H,5-6H2,1-4H3,(H2,13,14,15,17). The number of esters is 1. The van der Waals surface area contributed by atoms with Crippen molar-refractivity contribution in [2.24, 2.45) is 0 Å². The number of imidazole rings is 1. The van der Waals surface area contributed by atoms with Gasteiger partial charge in [0.2, 0.25) is 5.95 Å². The van der Waals surface area contributed by atoms with Crippen molar-refractivity contribution in [3.63, 3.8) is 0 Å². The molecule has 1 aromatic rings. The van der Waals surface area contributed by atoms with E-state index in [1.807, 2.05) is 0 Å². The Morgan fingerprint density at radius 1 is 1.42 bits per heavy atom. The zero-order chi connectivity index (χ0) is 14.5. The van der Waals surface area contributed by atoms with Crippen LogP contribution >= 0.6 is 0 Å². The highest BCUT2D eigenvalue weighted by Gasteiger charge is 2.17. The molecule has 19 heavy (non-hydrogen) atoms. The number of hydrogen-bond acceptors (Lipinski definition) is 5. The summed E-state index contributed by atoms with van der Waals surface area (Å²) in [6, 6.07) is 0. The van der Waals surface area contributed by atoms with Gasteiger partial charge in [-0.15, -0.1) is 0 Å². The Kier molecular flexibility index (Phi) is 4.91. The third-order valence-corrected chi connectivity index (χ3v) is 1.89.